The van der Waals surface area contributed by atoms with Crippen LogP contribution in [-0.2, 0) is 11.2 Å². The number of hydrogen-bond donors (Lipinski definition) is 1. The maximum absolute atomic E-state index is 12.5. The molecule has 1 aromatic heterocycles. The van der Waals surface area contributed by atoms with Crippen LogP contribution in [0.15, 0.2) is 36.4 Å². The molecule has 0 saturated carbocycles. The molecule has 1 aliphatic rings. The number of aryl methyl sites for hydroxylation is 3. The van der Waals surface area contributed by atoms with Crippen molar-refractivity contribution in [1.82, 2.24) is 4.90 Å². The highest BCUT2D eigenvalue weighted by atomic mass is 35.5. The van der Waals surface area contributed by atoms with Crippen LogP contribution >= 0.6 is 23.7 Å². The van der Waals surface area contributed by atoms with Gasteiger partial charge >= 0.3 is 0 Å². The third kappa shape index (κ3) is 4.84. The molecule has 3 nitrogen and oxygen atoms in total. The van der Waals surface area contributed by atoms with Crippen molar-refractivity contribution in [3.63, 3.8) is 0 Å². The van der Waals surface area contributed by atoms with Gasteiger partial charge in [-0.05, 0) is 43.9 Å². The lowest BCUT2D eigenvalue weighted by atomic mass is 9.95. The summed E-state index contributed by atoms with van der Waals surface area (Å²) < 4.78 is 0. The Bertz CT molecular complexity index is 701. The van der Waals surface area contributed by atoms with E-state index in [2.05, 4.69) is 32.0 Å². The zero-order valence-electron chi connectivity index (χ0n) is 14.9. The number of amides is 1. The first-order valence-corrected chi connectivity index (χ1v) is 9.50. The largest absolute Gasteiger partial charge is 0.340 e. The number of hydrogen-bond acceptors (Lipinski definition) is 3. The average Bonchev–Trinajstić information content (AvgIpc) is 3.10. The summed E-state index contributed by atoms with van der Waals surface area (Å²) >= 11 is 1.84. The van der Waals surface area contributed by atoms with Gasteiger partial charge in [-0.2, -0.15) is 0 Å². The lowest BCUT2D eigenvalue weighted by Gasteiger charge is -2.16. The molecule has 1 aromatic carbocycles. The van der Waals surface area contributed by atoms with Crippen molar-refractivity contribution < 1.29 is 4.79 Å². The van der Waals surface area contributed by atoms with Crippen LogP contribution < -0.4 is 5.73 Å². The molecule has 5 heteroatoms. The molecule has 1 fully saturated rings. The summed E-state index contributed by atoms with van der Waals surface area (Å²) in [5.74, 6) is 0.505. The van der Waals surface area contributed by atoms with Gasteiger partial charge in [0, 0.05) is 41.2 Å². The second-order valence-electron chi connectivity index (χ2n) is 6.77. The molecule has 2 aromatic rings. The summed E-state index contributed by atoms with van der Waals surface area (Å²) in [7, 11) is 0. The fraction of sp³-hybridized carbons (Fsp3) is 0.450. The van der Waals surface area contributed by atoms with Gasteiger partial charge in [-0.1, -0.05) is 30.3 Å². The second kappa shape index (κ2) is 8.84. The fourth-order valence-corrected chi connectivity index (χ4v) is 4.58. The van der Waals surface area contributed by atoms with Crippen molar-refractivity contribution in [3.05, 3.63) is 57.3 Å². The summed E-state index contributed by atoms with van der Waals surface area (Å²) in [6, 6.07) is 12.6. The highest BCUT2D eigenvalue weighted by Crippen LogP contribution is 2.27. The van der Waals surface area contributed by atoms with E-state index < -0.39 is 0 Å². The number of nitrogens with zero attached hydrogens (tertiary/aromatic N) is 1. The molecule has 1 saturated heterocycles. The predicted molar refractivity (Wildman–Crippen MR) is 108 cm³/mol. The third-order valence-corrected chi connectivity index (χ3v) is 5.93. The molecule has 2 atom stereocenters. The van der Waals surface area contributed by atoms with E-state index in [9.17, 15) is 4.79 Å². The highest BCUT2D eigenvalue weighted by molar-refractivity contribution is 7.12. The molecule has 0 aliphatic carbocycles. The van der Waals surface area contributed by atoms with Crippen molar-refractivity contribution in [2.45, 2.75) is 45.1 Å². The van der Waals surface area contributed by atoms with E-state index >= 15 is 0 Å². The molecule has 25 heavy (non-hydrogen) atoms. The smallest absolute Gasteiger partial charge is 0.222 e. The number of carbonyl (C=O) groups is 1. The lowest BCUT2D eigenvalue weighted by Crippen LogP contribution is -2.32. The maximum atomic E-state index is 12.5. The van der Waals surface area contributed by atoms with Crippen molar-refractivity contribution in [3.8, 4) is 0 Å². The van der Waals surface area contributed by atoms with Crippen LogP contribution in [-0.4, -0.2) is 29.9 Å². The number of rotatable bonds is 5. The van der Waals surface area contributed by atoms with Gasteiger partial charge in [0.05, 0.1) is 0 Å². The lowest BCUT2D eigenvalue weighted by molar-refractivity contribution is -0.130. The van der Waals surface area contributed by atoms with E-state index in [-0.39, 0.29) is 30.3 Å². The Hall–Kier alpha value is -1.36. The quantitative estimate of drug-likeness (QED) is 0.852. The fourth-order valence-electron chi connectivity index (χ4n) is 3.61. The van der Waals surface area contributed by atoms with Gasteiger partial charge in [0.25, 0.3) is 0 Å². The first kappa shape index (κ1) is 20.0. The van der Waals surface area contributed by atoms with Crippen molar-refractivity contribution in [2.24, 2.45) is 5.73 Å². The molecule has 1 amide bonds. The van der Waals surface area contributed by atoms with E-state index in [1.807, 2.05) is 34.4 Å². The van der Waals surface area contributed by atoms with Gasteiger partial charge in [0.15, 0.2) is 0 Å². The van der Waals surface area contributed by atoms with Crippen LogP contribution in [0.3, 0.4) is 0 Å². The molecule has 1 aliphatic heterocycles. The zero-order valence-corrected chi connectivity index (χ0v) is 16.5. The van der Waals surface area contributed by atoms with E-state index in [1.165, 1.54) is 20.9 Å². The monoisotopic (exact) mass is 378 g/mol. The molecule has 0 bridgehead atoms. The van der Waals surface area contributed by atoms with E-state index in [4.69, 9.17) is 5.73 Å². The molecule has 2 N–H and O–H groups in total. The minimum Gasteiger partial charge on any atom is -0.340 e. The number of likely N-dealkylation sites (tertiary alicyclic amines) is 1. The average molecular weight is 379 g/mol. The van der Waals surface area contributed by atoms with Gasteiger partial charge in [-0.15, -0.1) is 23.7 Å². The maximum Gasteiger partial charge on any atom is 0.222 e. The molecule has 3 rings (SSSR count). The Balaban J connectivity index is 0.00000225. The Morgan fingerprint density at radius 3 is 2.60 bits per heavy atom. The standard InChI is InChI=1S/C20H26N2OS.ClH/c1-14-11-17(15(2)24-14)9-6-10-20(23)22-12-18(19(21)13-22)16-7-4-3-5-8-16;/h3-5,7-8,11,18-19H,6,9-10,12-13,21H2,1-2H3;1H/t18-,19+;/m0./s1. The van der Waals surface area contributed by atoms with Crippen LogP contribution in [0.25, 0.3) is 0 Å². The topological polar surface area (TPSA) is 46.3 Å². The second-order valence-corrected chi connectivity index (χ2v) is 8.23. The molecule has 0 unspecified atom stereocenters. The molecule has 0 radical (unpaired) electrons. The highest BCUT2D eigenvalue weighted by Gasteiger charge is 2.33. The zero-order chi connectivity index (χ0) is 17.1. The van der Waals surface area contributed by atoms with E-state index in [1.54, 1.807) is 0 Å². The third-order valence-electron chi connectivity index (χ3n) is 4.93. The van der Waals surface area contributed by atoms with Crippen LogP contribution in [0.5, 0.6) is 0 Å². The van der Waals surface area contributed by atoms with Crippen LogP contribution in [0.2, 0.25) is 0 Å². The van der Waals surface area contributed by atoms with Gasteiger partial charge in [-0.3, -0.25) is 4.79 Å². The van der Waals surface area contributed by atoms with Gasteiger partial charge in [0.1, 0.15) is 0 Å². The summed E-state index contributed by atoms with van der Waals surface area (Å²) in [4.78, 5) is 17.2. The molecule has 0 spiro atoms. The molecular formula is C20H27ClN2OS. The van der Waals surface area contributed by atoms with Crippen molar-refractivity contribution in [1.29, 1.82) is 0 Å². The van der Waals surface area contributed by atoms with Gasteiger partial charge in [-0.25, -0.2) is 0 Å². The number of carbonyl (C=O) groups excluding carboxylic acids is 1. The number of halogens is 1. The van der Waals surface area contributed by atoms with Crippen LogP contribution in [0.4, 0.5) is 0 Å². The molecule has 2 heterocycles. The van der Waals surface area contributed by atoms with E-state index in [0.29, 0.717) is 13.0 Å². The Morgan fingerprint density at radius 1 is 1.24 bits per heavy atom. The Morgan fingerprint density at radius 2 is 1.96 bits per heavy atom. The molecule has 136 valence electrons. The Labute approximate surface area is 160 Å². The normalized spacial score (nSPS) is 19.7. The summed E-state index contributed by atoms with van der Waals surface area (Å²) in [6.07, 6.45) is 2.52. The van der Waals surface area contributed by atoms with Gasteiger partial charge < -0.3 is 10.6 Å². The minimum absolute atomic E-state index is 0. The van der Waals surface area contributed by atoms with Crippen molar-refractivity contribution >= 4 is 29.7 Å². The Kier molecular flexibility index (Phi) is 7.05. The minimum atomic E-state index is 0. The number of benzene rings is 1. The summed E-state index contributed by atoms with van der Waals surface area (Å²) in [6.45, 7) is 5.73. The molecular weight excluding hydrogens is 352 g/mol. The first-order valence-electron chi connectivity index (χ1n) is 8.69. The van der Waals surface area contributed by atoms with Crippen LogP contribution in [0.1, 0.15) is 39.6 Å². The van der Waals surface area contributed by atoms with Gasteiger partial charge in [0.2, 0.25) is 5.91 Å². The predicted octanol–water partition coefficient (Wildman–Crippen LogP) is 4.06. The summed E-state index contributed by atoms with van der Waals surface area (Å²) in [5.41, 5.74) is 8.92. The SMILES string of the molecule is Cc1cc(CCCC(=O)N2C[C@@H](N)[C@H](c3ccccc3)C2)c(C)s1.Cl. The van der Waals surface area contributed by atoms with Crippen molar-refractivity contribution in [2.75, 3.05) is 13.1 Å². The van der Waals surface area contributed by atoms with E-state index in [0.717, 1.165) is 19.4 Å². The number of nitrogens with two attached hydrogens (primary N) is 1. The summed E-state index contributed by atoms with van der Waals surface area (Å²) in [5, 5.41) is 0. The van der Waals surface area contributed by atoms with Crippen LogP contribution in [0, 0.1) is 13.8 Å². The first-order chi connectivity index (χ1) is 11.5. The number of thiophene rings is 1.